The summed E-state index contributed by atoms with van der Waals surface area (Å²) in [6, 6.07) is 16.8. The van der Waals surface area contributed by atoms with Crippen molar-refractivity contribution >= 4 is 46.7 Å². The molecule has 0 heterocycles. The Kier molecular flexibility index (Phi) is 9.11. The van der Waals surface area contributed by atoms with Crippen LogP contribution in [0.4, 0.5) is 0 Å². The number of aliphatic carboxylic acids is 1. The summed E-state index contributed by atoms with van der Waals surface area (Å²) in [5, 5.41) is 21.3. The van der Waals surface area contributed by atoms with Crippen LogP contribution in [0.2, 0.25) is 0 Å². The highest BCUT2D eigenvalue weighted by atomic mass is 35.5. The first-order valence-electron chi connectivity index (χ1n) is 11.0. The second kappa shape index (κ2) is 11.6. The monoisotopic (exact) mass is 496 g/mol. The van der Waals surface area contributed by atoms with Gasteiger partial charge in [-0.2, -0.15) is 0 Å². The van der Waals surface area contributed by atoms with Gasteiger partial charge in [-0.25, -0.2) is 4.79 Å². The summed E-state index contributed by atoms with van der Waals surface area (Å²) in [6.45, 7) is 2.19. The summed E-state index contributed by atoms with van der Waals surface area (Å²) >= 11 is 0. The van der Waals surface area contributed by atoms with E-state index >= 15 is 0 Å². The topological polar surface area (TPSA) is 159 Å². The molecule has 1 atom stereocenters. The van der Waals surface area contributed by atoms with Crippen LogP contribution in [-0.4, -0.2) is 28.6 Å². The number of amides is 1. The molecule has 0 fully saturated rings. The molecule has 8 nitrogen and oxygen atoms in total. The molecule has 0 aromatic heterocycles. The number of rotatable bonds is 10. The summed E-state index contributed by atoms with van der Waals surface area (Å²) < 4.78 is 0. The minimum Gasteiger partial charge on any atom is -0.479 e. The van der Waals surface area contributed by atoms with Gasteiger partial charge in [0.15, 0.2) is 11.3 Å². The predicted molar refractivity (Wildman–Crippen MR) is 138 cm³/mol. The lowest BCUT2D eigenvalue weighted by atomic mass is 9.83. The van der Waals surface area contributed by atoms with Crippen LogP contribution in [0.15, 0.2) is 60.7 Å². The Morgan fingerprint density at radius 1 is 1.06 bits per heavy atom. The van der Waals surface area contributed by atoms with Crippen molar-refractivity contribution in [1.29, 1.82) is 5.41 Å². The molecular weight excluding hydrogens is 468 g/mol. The maximum atomic E-state index is 12.9. The van der Waals surface area contributed by atoms with Crippen LogP contribution in [0.5, 0.6) is 0 Å². The number of ketones is 1. The summed E-state index contributed by atoms with van der Waals surface area (Å²) in [7, 11) is 0. The first-order valence-corrected chi connectivity index (χ1v) is 11.0. The van der Waals surface area contributed by atoms with Crippen LogP contribution in [0.1, 0.15) is 53.2 Å². The lowest BCUT2D eigenvalue weighted by Crippen LogP contribution is -2.51. The number of hydrogen-bond acceptors (Lipinski definition) is 5. The third-order valence-corrected chi connectivity index (χ3v) is 5.83. The third kappa shape index (κ3) is 5.85. The molecule has 7 N–H and O–H groups in total. The molecule has 1 amide bonds. The highest BCUT2D eigenvalue weighted by Crippen LogP contribution is 2.28. The van der Waals surface area contributed by atoms with E-state index in [1.807, 2.05) is 6.92 Å². The minimum absolute atomic E-state index is 0. The molecule has 1 unspecified atom stereocenters. The fourth-order valence-electron chi connectivity index (χ4n) is 3.74. The van der Waals surface area contributed by atoms with Gasteiger partial charge in [0, 0.05) is 24.1 Å². The molecule has 3 rings (SSSR count). The lowest BCUT2D eigenvalue weighted by Gasteiger charge is -2.24. The van der Waals surface area contributed by atoms with Crippen molar-refractivity contribution in [2.45, 2.75) is 38.3 Å². The molecule has 3 aromatic rings. The molecular formula is C26H29ClN4O4. The van der Waals surface area contributed by atoms with E-state index in [2.05, 4.69) is 5.32 Å². The lowest BCUT2D eigenvalue weighted by molar-refractivity contribution is -0.148. The first kappa shape index (κ1) is 27.5. The zero-order chi connectivity index (χ0) is 24.9. The predicted octanol–water partition coefficient (Wildman–Crippen LogP) is 3.47. The van der Waals surface area contributed by atoms with Gasteiger partial charge in [-0.15, -0.1) is 12.4 Å². The fourth-order valence-corrected chi connectivity index (χ4v) is 3.74. The molecule has 184 valence electrons. The molecule has 0 saturated carbocycles. The largest absolute Gasteiger partial charge is 0.479 e. The summed E-state index contributed by atoms with van der Waals surface area (Å²) in [4.78, 5) is 37.5. The number of carbonyl (C=O) groups excluding carboxylic acids is 2. The molecule has 3 aromatic carbocycles. The summed E-state index contributed by atoms with van der Waals surface area (Å²) in [6.07, 6.45) is 1.38. The van der Waals surface area contributed by atoms with Crippen molar-refractivity contribution in [3.05, 3.63) is 82.9 Å². The number of nitrogens with one attached hydrogen (secondary N) is 2. The van der Waals surface area contributed by atoms with Crippen molar-refractivity contribution in [2.24, 2.45) is 11.5 Å². The number of hydrogen-bond donors (Lipinski definition) is 5. The molecule has 0 aliphatic heterocycles. The number of halogens is 1. The molecule has 35 heavy (non-hydrogen) atoms. The maximum Gasteiger partial charge on any atom is 0.336 e. The molecule has 0 saturated heterocycles. The van der Waals surface area contributed by atoms with Crippen molar-refractivity contribution in [1.82, 2.24) is 5.32 Å². The van der Waals surface area contributed by atoms with Gasteiger partial charge < -0.3 is 21.9 Å². The average Bonchev–Trinajstić information content (AvgIpc) is 2.84. The molecule has 0 radical (unpaired) electrons. The van der Waals surface area contributed by atoms with E-state index in [9.17, 15) is 19.5 Å². The number of nitrogen functional groups attached to an aromatic ring is 1. The van der Waals surface area contributed by atoms with Gasteiger partial charge in [0.2, 0.25) is 0 Å². The first-order chi connectivity index (χ1) is 16.2. The number of carboxylic acids is 1. The highest BCUT2D eigenvalue weighted by Gasteiger charge is 2.43. The minimum atomic E-state index is -2.15. The fraction of sp³-hybridized carbons (Fsp3) is 0.231. The van der Waals surface area contributed by atoms with E-state index in [1.165, 1.54) is 6.07 Å². The zero-order valence-corrected chi connectivity index (χ0v) is 20.2. The Morgan fingerprint density at radius 3 is 2.34 bits per heavy atom. The summed E-state index contributed by atoms with van der Waals surface area (Å²) in [5.41, 5.74) is 11.5. The Hall–Kier alpha value is -3.75. The van der Waals surface area contributed by atoms with Crippen LogP contribution < -0.4 is 16.8 Å². The van der Waals surface area contributed by atoms with Gasteiger partial charge in [0.05, 0.1) is 0 Å². The van der Waals surface area contributed by atoms with Crippen LogP contribution >= 0.6 is 12.4 Å². The third-order valence-electron chi connectivity index (χ3n) is 5.83. The standard InChI is InChI=1S/C26H28N4O4.ClH/c1-2-3-7-22(31)26(29,25(33)34)19-12-13-20-18(14-19)5-4-6-21(20)24(32)30-15-16-8-10-17(11-9-16)23(27)28;/h4-6,8-14H,2-3,7,15,29H2,1H3,(H3,27,28)(H,30,32)(H,33,34);1H. The maximum absolute atomic E-state index is 12.9. The van der Waals surface area contributed by atoms with Crippen LogP contribution in [0.3, 0.4) is 0 Å². The quantitative estimate of drug-likeness (QED) is 0.164. The second-order valence-electron chi connectivity index (χ2n) is 8.17. The van der Waals surface area contributed by atoms with Gasteiger partial charge in [-0.1, -0.05) is 61.9 Å². The van der Waals surface area contributed by atoms with Gasteiger partial charge in [-0.3, -0.25) is 15.0 Å². The van der Waals surface area contributed by atoms with Crippen molar-refractivity contribution in [3.63, 3.8) is 0 Å². The SMILES string of the molecule is CCCCC(=O)C(N)(C(=O)O)c1ccc2c(C(=O)NCc3ccc(C(=N)N)cc3)cccc2c1.Cl. The van der Waals surface area contributed by atoms with Crippen LogP contribution in [-0.2, 0) is 21.7 Å². The number of fused-ring (bicyclic) bond motifs is 1. The van der Waals surface area contributed by atoms with E-state index in [-0.39, 0.29) is 42.7 Å². The van der Waals surface area contributed by atoms with E-state index in [0.717, 1.165) is 12.0 Å². The van der Waals surface area contributed by atoms with Gasteiger partial charge >= 0.3 is 5.97 Å². The van der Waals surface area contributed by atoms with Gasteiger partial charge in [0.1, 0.15) is 5.84 Å². The Bertz CT molecular complexity index is 1260. The highest BCUT2D eigenvalue weighted by molar-refractivity contribution is 6.10. The number of carboxylic acid groups (broad SMARTS) is 1. The van der Waals surface area contributed by atoms with Crippen molar-refractivity contribution < 1.29 is 19.5 Å². The van der Waals surface area contributed by atoms with Gasteiger partial charge in [-0.05, 0) is 40.5 Å². The molecule has 0 aliphatic rings. The zero-order valence-electron chi connectivity index (χ0n) is 19.3. The Morgan fingerprint density at radius 2 is 1.74 bits per heavy atom. The van der Waals surface area contributed by atoms with E-state index in [1.54, 1.807) is 54.6 Å². The van der Waals surface area contributed by atoms with E-state index in [0.29, 0.717) is 28.3 Å². The van der Waals surface area contributed by atoms with Crippen LogP contribution in [0, 0.1) is 5.41 Å². The Balaban J connectivity index is 0.00000432. The van der Waals surface area contributed by atoms with E-state index in [4.69, 9.17) is 16.9 Å². The normalized spacial score (nSPS) is 12.3. The smallest absolute Gasteiger partial charge is 0.336 e. The number of carbonyl (C=O) groups is 3. The number of Topliss-reactive ketones (excluding diaryl/α,β-unsaturated/α-hetero) is 1. The number of benzene rings is 3. The van der Waals surface area contributed by atoms with Crippen molar-refractivity contribution in [2.75, 3.05) is 0 Å². The van der Waals surface area contributed by atoms with Gasteiger partial charge in [0.25, 0.3) is 5.91 Å². The summed E-state index contributed by atoms with van der Waals surface area (Å²) in [5.74, 6) is -2.28. The average molecular weight is 497 g/mol. The molecule has 0 bridgehead atoms. The van der Waals surface area contributed by atoms with Crippen molar-refractivity contribution in [3.8, 4) is 0 Å². The number of amidine groups is 1. The van der Waals surface area contributed by atoms with E-state index < -0.39 is 17.3 Å². The second-order valence-corrected chi connectivity index (χ2v) is 8.17. The molecule has 0 aliphatic carbocycles. The Labute approximate surface area is 209 Å². The van der Waals surface area contributed by atoms with Crippen LogP contribution in [0.25, 0.3) is 10.8 Å². The molecule has 0 spiro atoms. The number of nitrogens with two attached hydrogens (primary N) is 2. The number of unbranched alkanes of at least 4 members (excludes halogenated alkanes) is 1. The molecule has 9 heteroatoms.